The Bertz CT molecular complexity index is 470. The van der Waals surface area contributed by atoms with Crippen LogP contribution in [0, 0.1) is 0 Å². The molecule has 5 heteroatoms. The fourth-order valence-corrected chi connectivity index (χ4v) is 1.98. The molecule has 0 spiro atoms. The minimum Gasteiger partial charge on any atom is -0.382 e. The maximum Gasteiger partial charge on any atom is 0.125 e. The molecule has 1 aromatic carbocycles. The van der Waals surface area contributed by atoms with Crippen molar-refractivity contribution in [3.63, 3.8) is 0 Å². The second kappa shape index (κ2) is 4.78. The molecule has 16 heavy (non-hydrogen) atoms. The van der Waals surface area contributed by atoms with Crippen LogP contribution in [0.3, 0.4) is 0 Å². The van der Waals surface area contributed by atoms with Gasteiger partial charge in [0, 0.05) is 28.0 Å². The first kappa shape index (κ1) is 11.3. The van der Waals surface area contributed by atoms with Crippen molar-refractivity contribution in [2.45, 2.75) is 6.10 Å². The van der Waals surface area contributed by atoms with Crippen LogP contribution in [-0.4, -0.2) is 15.1 Å². The van der Waals surface area contributed by atoms with Crippen molar-refractivity contribution in [2.24, 2.45) is 0 Å². The van der Waals surface area contributed by atoms with Crippen molar-refractivity contribution in [3.8, 4) is 0 Å². The molecule has 0 aliphatic heterocycles. The summed E-state index contributed by atoms with van der Waals surface area (Å²) >= 11 is 12.0. The topological polar surface area (TPSA) is 46.0 Å². The molecule has 0 radical (unpaired) electrons. The second-order valence-electron chi connectivity index (χ2n) is 3.17. The number of aliphatic hydroxyl groups excluding tert-OH is 1. The van der Waals surface area contributed by atoms with Gasteiger partial charge in [-0.1, -0.05) is 29.3 Å². The fraction of sp³-hybridized carbons (Fsp3) is 0.0909. The molecule has 1 heterocycles. The average Bonchev–Trinajstić information content (AvgIpc) is 2.30. The second-order valence-corrected chi connectivity index (χ2v) is 3.98. The molecular weight excluding hydrogens is 247 g/mol. The first-order valence-electron chi connectivity index (χ1n) is 4.58. The standard InChI is InChI=1S/C11H8Cl2N2O/c12-7-2-1-3-8(13)10(7)11(16)9-6-14-4-5-15-9/h1-6,11,16H. The zero-order valence-electron chi connectivity index (χ0n) is 8.14. The van der Waals surface area contributed by atoms with E-state index >= 15 is 0 Å². The number of aliphatic hydroxyl groups is 1. The van der Waals surface area contributed by atoms with Crippen molar-refractivity contribution < 1.29 is 5.11 Å². The number of hydrogen-bond donors (Lipinski definition) is 1. The molecule has 2 aromatic rings. The molecule has 0 amide bonds. The van der Waals surface area contributed by atoms with Crippen LogP contribution in [0.4, 0.5) is 0 Å². The van der Waals surface area contributed by atoms with Crippen molar-refractivity contribution >= 4 is 23.2 Å². The van der Waals surface area contributed by atoms with Gasteiger partial charge in [-0.2, -0.15) is 0 Å². The first-order valence-corrected chi connectivity index (χ1v) is 5.33. The van der Waals surface area contributed by atoms with Gasteiger partial charge >= 0.3 is 0 Å². The molecule has 0 bridgehead atoms. The summed E-state index contributed by atoms with van der Waals surface area (Å²) in [6.45, 7) is 0. The highest BCUT2D eigenvalue weighted by Crippen LogP contribution is 2.32. The molecule has 1 N–H and O–H groups in total. The van der Waals surface area contributed by atoms with Gasteiger partial charge in [-0.3, -0.25) is 9.97 Å². The van der Waals surface area contributed by atoms with E-state index < -0.39 is 6.10 Å². The van der Waals surface area contributed by atoms with Gasteiger partial charge < -0.3 is 5.11 Å². The Balaban J connectivity index is 2.46. The highest BCUT2D eigenvalue weighted by atomic mass is 35.5. The molecule has 0 aliphatic carbocycles. The third kappa shape index (κ3) is 2.16. The Morgan fingerprint density at radius 2 is 1.81 bits per heavy atom. The molecule has 1 unspecified atom stereocenters. The van der Waals surface area contributed by atoms with Crippen LogP contribution in [0.5, 0.6) is 0 Å². The van der Waals surface area contributed by atoms with Crippen LogP contribution in [0.1, 0.15) is 17.4 Å². The van der Waals surface area contributed by atoms with Crippen LogP contribution in [0.25, 0.3) is 0 Å². The van der Waals surface area contributed by atoms with Crippen LogP contribution in [-0.2, 0) is 0 Å². The van der Waals surface area contributed by atoms with Crippen molar-refractivity contribution in [2.75, 3.05) is 0 Å². The Hall–Kier alpha value is -1.16. The van der Waals surface area contributed by atoms with E-state index in [-0.39, 0.29) is 0 Å². The maximum atomic E-state index is 10.1. The lowest BCUT2D eigenvalue weighted by atomic mass is 10.1. The normalized spacial score (nSPS) is 12.4. The maximum absolute atomic E-state index is 10.1. The lowest BCUT2D eigenvalue weighted by molar-refractivity contribution is 0.215. The third-order valence-corrected chi connectivity index (χ3v) is 2.80. The average molecular weight is 255 g/mol. The Morgan fingerprint density at radius 1 is 1.12 bits per heavy atom. The summed E-state index contributed by atoms with van der Waals surface area (Å²) in [6, 6.07) is 5.06. The predicted octanol–water partition coefficient (Wildman–Crippen LogP) is 2.87. The van der Waals surface area contributed by atoms with Gasteiger partial charge in [0.2, 0.25) is 0 Å². The zero-order valence-corrected chi connectivity index (χ0v) is 9.65. The molecule has 0 saturated carbocycles. The fourth-order valence-electron chi connectivity index (χ4n) is 1.37. The minimum absolute atomic E-state index is 0.408. The summed E-state index contributed by atoms with van der Waals surface area (Å²) in [5.41, 5.74) is 0.865. The van der Waals surface area contributed by atoms with E-state index in [0.717, 1.165) is 0 Å². The zero-order chi connectivity index (χ0) is 11.5. The van der Waals surface area contributed by atoms with E-state index in [0.29, 0.717) is 21.3 Å². The van der Waals surface area contributed by atoms with E-state index in [4.69, 9.17) is 23.2 Å². The lowest BCUT2D eigenvalue weighted by Crippen LogP contribution is -2.04. The summed E-state index contributed by atoms with van der Waals surface area (Å²) in [7, 11) is 0. The molecule has 0 fully saturated rings. The number of benzene rings is 1. The molecule has 3 nitrogen and oxygen atoms in total. The number of aromatic nitrogens is 2. The Labute approximate surface area is 103 Å². The minimum atomic E-state index is -0.963. The van der Waals surface area contributed by atoms with E-state index in [9.17, 15) is 5.11 Å². The first-order chi connectivity index (χ1) is 7.70. The van der Waals surface area contributed by atoms with Crippen LogP contribution in [0.2, 0.25) is 10.0 Å². The summed E-state index contributed by atoms with van der Waals surface area (Å²) in [5.74, 6) is 0. The van der Waals surface area contributed by atoms with E-state index in [2.05, 4.69) is 9.97 Å². The molecule has 0 saturated heterocycles. The lowest BCUT2D eigenvalue weighted by Gasteiger charge is -2.13. The molecule has 1 aromatic heterocycles. The highest BCUT2D eigenvalue weighted by molar-refractivity contribution is 6.36. The summed E-state index contributed by atoms with van der Waals surface area (Å²) < 4.78 is 0. The van der Waals surface area contributed by atoms with Gasteiger partial charge in [-0.25, -0.2) is 0 Å². The van der Waals surface area contributed by atoms with Crippen molar-refractivity contribution in [1.29, 1.82) is 0 Å². The summed E-state index contributed by atoms with van der Waals surface area (Å²) in [4.78, 5) is 7.89. The monoisotopic (exact) mass is 254 g/mol. The number of halogens is 2. The number of hydrogen-bond acceptors (Lipinski definition) is 3. The van der Waals surface area contributed by atoms with Crippen LogP contribution >= 0.6 is 23.2 Å². The van der Waals surface area contributed by atoms with Crippen LogP contribution in [0.15, 0.2) is 36.8 Å². The van der Waals surface area contributed by atoms with Gasteiger partial charge in [-0.15, -0.1) is 0 Å². The van der Waals surface area contributed by atoms with Crippen molar-refractivity contribution in [1.82, 2.24) is 9.97 Å². The Morgan fingerprint density at radius 3 is 2.38 bits per heavy atom. The number of nitrogens with zero attached hydrogens (tertiary/aromatic N) is 2. The van der Waals surface area contributed by atoms with Gasteiger partial charge in [0.05, 0.1) is 11.9 Å². The van der Waals surface area contributed by atoms with Crippen molar-refractivity contribution in [3.05, 3.63) is 58.1 Å². The summed E-state index contributed by atoms with van der Waals surface area (Å²) in [6.07, 6.45) is 3.55. The Kier molecular flexibility index (Phi) is 3.39. The largest absolute Gasteiger partial charge is 0.382 e. The van der Waals surface area contributed by atoms with E-state index in [1.165, 1.54) is 18.6 Å². The smallest absolute Gasteiger partial charge is 0.125 e. The van der Waals surface area contributed by atoms with Gasteiger partial charge in [0.15, 0.2) is 0 Å². The molecule has 1 atom stereocenters. The molecule has 0 aliphatic rings. The summed E-state index contributed by atoms with van der Waals surface area (Å²) in [5, 5.41) is 10.9. The molecular formula is C11H8Cl2N2O. The third-order valence-electron chi connectivity index (χ3n) is 2.14. The predicted molar refractivity (Wildman–Crippen MR) is 62.6 cm³/mol. The van der Waals surface area contributed by atoms with Gasteiger partial charge in [0.1, 0.15) is 6.10 Å². The van der Waals surface area contributed by atoms with E-state index in [1.807, 2.05) is 0 Å². The van der Waals surface area contributed by atoms with Crippen LogP contribution < -0.4 is 0 Å². The van der Waals surface area contributed by atoms with Gasteiger partial charge in [-0.05, 0) is 12.1 Å². The molecule has 82 valence electrons. The van der Waals surface area contributed by atoms with E-state index in [1.54, 1.807) is 18.2 Å². The highest BCUT2D eigenvalue weighted by Gasteiger charge is 2.18. The van der Waals surface area contributed by atoms with Gasteiger partial charge in [0.25, 0.3) is 0 Å². The number of rotatable bonds is 2. The molecule has 2 rings (SSSR count). The SMILES string of the molecule is OC(c1cnccn1)c1c(Cl)cccc1Cl. The quantitative estimate of drug-likeness (QED) is 0.897.